The van der Waals surface area contributed by atoms with E-state index in [1.54, 1.807) is 7.05 Å². The third-order valence-electron chi connectivity index (χ3n) is 1.36. The molecule has 0 heterocycles. The topological polar surface area (TPSA) is 50.4 Å². The second kappa shape index (κ2) is 5.09. The van der Waals surface area contributed by atoms with Gasteiger partial charge >= 0.3 is 0 Å². The van der Waals surface area contributed by atoms with Crippen molar-refractivity contribution < 1.29 is 0 Å². The third kappa shape index (κ3) is 4.18. The van der Waals surface area contributed by atoms with Gasteiger partial charge in [-0.1, -0.05) is 13.3 Å². The highest BCUT2D eigenvalue weighted by Gasteiger charge is 1.98. The molecule has 0 saturated heterocycles. The van der Waals surface area contributed by atoms with Crippen LogP contribution in [0.15, 0.2) is 4.99 Å². The van der Waals surface area contributed by atoms with E-state index < -0.39 is 0 Å². The van der Waals surface area contributed by atoms with Crippen molar-refractivity contribution in [2.45, 2.75) is 32.7 Å². The molecule has 0 rings (SSSR count). The summed E-state index contributed by atoms with van der Waals surface area (Å²) in [4.78, 5) is 3.79. The van der Waals surface area contributed by atoms with Crippen LogP contribution in [0.4, 0.5) is 0 Å². The van der Waals surface area contributed by atoms with E-state index in [9.17, 15) is 0 Å². The average molecular weight is 143 g/mol. The van der Waals surface area contributed by atoms with E-state index >= 15 is 0 Å². The van der Waals surface area contributed by atoms with E-state index in [0.29, 0.717) is 12.0 Å². The second-order valence-electron chi connectivity index (χ2n) is 2.44. The molecule has 0 spiro atoms. The van der Waals surface area contributed by atoms with Gasteiger partial charge in [0, 0.05) is 13.1 Å². The molecule has 0 aliphatic carbocycles. The van der Waals surface area contributed by atoms with Crippen molar-refractivity contribution in [3.05, 3.63) is 0 Å². The smallest absolute Gasteiger partial charge is 0.188 e. The minimum atomic E-state index is 0.439. The number of aliphatic imine (C=N–C) groups is 1. The summed E-state index contributed by atoms with van der Waals surface area (Å²) in [6, 6.07) is 0.439. The van der Waals surface area contributed by atoms with Gasteiger partial charge in [-0.15, -0.1) is 0 Å². The van der Waals surface area contributed by atoms with Gasteiger partial charge in [-0.25, -0.2) is 0 Å². The number of hydrogen-bond acceptors (Lipinski definition) is 1. The van der Waals surface area contributed by atoms with Crippen LogP contribution >= 0.6 is 0 Å². The van der Waals surface area contributed by atoms with Crippen LogP contribution in [-0.2, 0) is 0 Å². The molecule has 10 heavy (non-hydrogen) atoms. The second-order valence-corrected chi connectivity index (χ2v) is 2.44. The van der Waals surface area contributed by atoms with Crippen LogP contribution in [0.5, 0.6) is 0 Å². The zero-order chi connectivity index (χ0) is 7.98. The largest absolute Gasteiger partial charge is 0.370 e. The summed E-state index contributed by atoms with van der Waals surface area (Å²) in [6.07, 6.45) is 2.31. The quantitative estimate of drug-likeness (QED) is 0.451. The van der Waals surface area contributed by atoms with Crippen molar-refractivity contribution in [3.63, 3.8) is 0 Å². The summed E-state index contributed by atoms with van der Waals surface area (Å²) in [5, 5.41) is 3.06. The Bertz CT molecular complexity index is 109. The van der Waals surface area contributed by atoms with Gasteiger partial charge in [-0.2, -0.15) is 0 Å². The van der Waals surface area contributed by atoms with Crippen molar-refractivity contribution in [1.82, 2.24) is 5.32 Å². The van der Waals surface area contributed by atoms with Gasteiger partial charge in [0.15, 0.2) is 5.96 Å². The Morgan fingerprint density at radius 2 is 2.30 bits per heavy atom. The molecule has 3 nitrogen and oxygen atoms in total. The number of guanidine groups is 1. The molecular formula is C7H17N3. The summed E-state index contributed by atoms with van der Waals surface area (Å²) in [5.41, 5.74) is 5.44. The summed E-state index contributed by atoms with van der Waals surface area (Å²) < 4.78 is 0. The van der Waals surface area contributed by atoms with Gasteiger partial charge in [-0.3, -0.25) is 4.99 Å². The molecule has 0 radical (unpaired) electrons. The molecule has 1 atom stereocenters. The molecule has 0 aromatic heterocycles. The first kappa shape index (κ1) is 9.27. The molecule has 0 aromatic carbocycles. The predicted molar refractivity (Wildman–Crippen MR) is 45.1 cm³/mol. The van der Waals surface area contributed by atoms with E-state index in [1.807, 2.05) is 0 Å². The molecule has 0 aliphatic rings. The highest BCUT2D eigenvalue weighted by molar-refractivity contribution is 5.77. The number of nitrogens with zero attached hydrogens (tertiary/aromatic N) is 1. The Morgan fingerprint density at radius 1 is 1.70 bits per heavy atom. The van der Waals surface area contributed by atoms with Gasteiger partial charge in [0.2, 0.25) is 0 Å². The fraction of sp³-hybridized carbons (Fsp3) is 0.857. The number of hydrogen-bond donors (Lipinski definition) is 2. The molecule has 0 aromatic rings. The lowest BCUT2D eigenvalue weighted by molar-refractivity contribution is 0.594. The molecular weight excluding hydrogens is 126 g/mol. The summed E-state index contributed by atoms with van der Waals surface area (Å²) >= 11 is 0. The summed E-state index contributed by atoms with van der Waals surface area (Å²) in [7, 11) is 1.68. The standard InChI is InChI=1S/C7H17N3/c1-4-5-6(2)10-7(8)9-3/h6H,4-5H2,1-3H3,(H3,8,9,10). The SMILES string of the molecule is CCCC(C)NC(N)=NC. The van der Waals surface area contributed by atoms with Crippen LogP contribution in [0, 0.1) is 0 Å². The van der Waals surface area contributed by atoms with Crippen molar-refractivity contribution in [2.24, 2.45) is 10.7 Å². The number of rotatable bonds is 3. The van der Waals surface area contributed by atoms with Gasteiger partial charge in [0.1, 0.15) is 0 Å². The lowest BCUT2D eigenvalue weighted by Crippen LogP contribution is -2.38. The highest BCUT2D eigenvalue weighted by Crippen LogP contribution is 1.92. The van der Waals surface area contributed by atoms with Crippen LogP contribution in [0.2, 0.25) is 0 Å². The molecule has 3 N–H and O–H groups in total. The van der Waals surface area contributed by atoms with Crippen LogP contribution in [0.1, 0.15) is 26.7 Å². The van der Waals surface area contributed by atoms with Crippen LogP contribution in [0.3, 0.4) is 0 Å². The van der Waals surface area contributed by atoms with E-state index in [1.165, 1.54) is 6.42 Å². The van der Waals surface area contributed by atoms with E-state index in [4.69, 9.17) is 5.73 Å². The van der Waals surface area contributed by atoms with E-state index in [-0.39, 0.29) is 0 Å². The first-order valence-corrected chi connectivity index (χ1v) is 3.69. The Labute approximate surface area is 62.7 Å². The Morgan fingerprint density at radius 3 is 2.70 bits per heavy atom. The summed E-state index contributed by atoms with van der Waals surface area (Å²) in [5.74, 6) is 0.529. The maximum atomic E-state index is 5.44. The van der Waals surface area contributed by atoms with Crippen LogP contribution in [0.25, 0.3) is 0 Å². The fourth-order valence-electron chi connectivity index (χ4n) is 0.822. The first-order valence-electron chi connectivity index (χ1n) is 3.69. The lowest BCUT2D eigenvalue weighted by Gasteiger charge is -2.11. The zero-order valence-corrected chi connectivity index (χ0v) is 7.02. The number of nitrogens with one attached hydrogen (secondary N) is 1. The minimum Gasteiger partial charge on any atom is -0.370 e. The molecule has 0 fully saturated rings. The normalized spacial score (nSPS) is 14.9. The molecule has 0 amide bonds. The van der Waals surface area contributed by atoms with Crippen molar-refractivity contribution in [3.8, 4) is 0 Å². The minimum absolute atomic E-state index is 0.439. The fourth-order valence-corrected chi connectivity index (χ4v) is 0.822. The molecule has 0 saturated carbocycles. The van der Waals surface area contributed by atoms with Gasteiger partial charge in [0.25, 0.3) is 0 Å². The first-order chi connectivity index (χ1) is 4.70. The van der Waals surface area contributed by atoms with Gasteiger partial charge in [-0.05, 0) is 13.3 Å². The maximum Gasteiger partial charge on any atom is 0.188 e. The van der Waals surface area contributed by atoms with Gasteiger partial charge < -0.3 is 11.1 Å². The Hall–Kier alpha value is -0.730. The van der Waals surface area contributed by atoms with Gasteiger partial charge in [0.05, 0.1) is 0 Å². The maximum absolute atomic E-state index is 5.44. The highest BCUT2D eigenvalue weighted by atomic mass is 15.1. The average Bonchev–Trinajstić information content (AvgIpc) is 1.88. The lowest BCUT2D eigenvalue weighted by atomic mass is 10.2. The summed E-state index contributed by atoms with van der Waals surface area (Å²) in [6.45, 7) is 4.25. The van der Waals surface area contributed by atoms with E-state index in [2.05, 4.69) is 24.2 Å². The van der Waals surface area contributed by atoms with Crippen LogP contribution in [-0.4, -0.2) is 19.0 Å². The molecule has 60 valence electrons. The molecule has 0 bridgehead atoms. The van der Waals surface area contributed by atoms with E-state index in [0.717, 1.165) is 6.42 Å². The van der Waals surface area contributed by atoms with Crippen LogP contribution < -0.4 is 11.1 Å². The molecule has 3 heteroatoms. The molecule has 1 unspecified atom stereocenters. The zero-order valence-electron chi connectivity index (χ0n) is 7.02. The third-order valence-corrected chi connectivity index (χ3v) is 1.36. The number of nitrogens with two attached hydrogens (primary N) is 1. The Balaban J connectivity index is 3.47. The predicted octanol–water partition coefficient (Wildman–Crippen LogP) is 0.709. The Kier molecular flexibility index (Phi) is 4.72. The monoisotopic (exact) mass is 143 g/mol. The van der Waals surface area contributed by atoms with Crippen molar-refractivity contribution in [2.75, 3.05) is 7.05 Å². The van der Waals surface area contributed by atoms with Crippen molar-refractivity contribution >= 4 is 5.96 Å². The van der Waals surface area contributed by atoms with Crippen molar-refractivity contribution in [1.29, 1.82) is 0 Å². The molecule has 0 aliphatic heterocycles.